The first-order chi connectivity index (χ1) is 9.58. The second-order valence-corrected chi connectivity index (χ2v) is 5.19. The van der Waals surface area contributed by atoms with Crippen molar-refractivity contribution in [2.45, 2.75) is 26.3 Å². The van der Waals surface area contributed by atoms with Crippen molar-refractivity contribution >= 4 is 11.9 Å². The zero-order valence-corrected chi connectivity index (χ0v) is 11.6. The Morgan fingerprint density at radius 3 is 2.95 bits per heavy atom. The lowest BCUT2D eigenvalue weighted by molar-refractivity contribution is -0.141. The zero-order chi connectivity index (χ0) is 14.5. The molecule has 0 saturated carbocycles. The summed E-state index contributed by atoms with van der Waals surface area (Å²) in [6.07, 6.45) is 1.43. The van der Waals surface area contributed by atoms with E-state index in [0.717, 1.165) is 19.5 Å². The van der Waals surface area contributed by atoms with Gasteiger partial charge in [-0.15, -0.1) is 0 Å². The maximum atomic E-state index is 12.0. The van der Waals surface area contributed by atoms with E-state index in [-0.39, 0.29) is 5.91 Å². The quantitative estimate of drug-likeness (QED) is 0.754. The fourth-order valence-electron chi connectivity index (χ4n) is 2.25. The molecular formula is C15H20N2O3. The summed E-state index contributed by atoms with van der Waals surface area (Å²) in [6.45, 7) is 3.79. The molecule has 1 aromatic carbocycles. The summed E-state index contributed by atoms with van der Waals surface area (Å²) < 4.78 is 0. The molecule has 3 N–H and O–H groups in total. The minimum absolute atomic E-state index is 0.143. The van der Waals surface area contributed by atoms with Crippen LogP contribution in [0.3, 0.4) is 0 Å². The third-order valence-electron chi connectivity index (χ3n) is 3.64. The number of nitrogens with one attached hydrogen (secondary N) is 2. The molecule has 1 heterocycles. The molecule has 108 valence electrons. The highest BCUT2D eigenvalue weighted by atomic mass is 16.4. The van der Waals surface area contributed by atoms with Crippen molar-refractivity contribution in [3.63, 3.8) is 0 Å². The molecule has 0 saturated heterocycles. The summed E-state index contributed by atoms with van der Waals surface area (Å²) in [5.74, 6) is -1.42. The molecule has 0 aromatic heterocycles. The van der Waals surface area contributed by atoms with Crippen molar-refractivity contribution in [3.8, 4) is 0 Å². The molecule has 20 heavy (non-hydrogen) atoms. The highest BCUT2D eigenvalue weighted by Crippen LogP contribution is 2.15. The number of benzene rings is 1. The number of carboxylic acid groups (broad SMARTS) is 1. The number of carboxylic acids is 1. The highest BCUT2D eigenvalue weighted by molar-refractivity contribution is 5.94. The van der Waals surface area contributed by atoms with Crippen LogP contribution in [-0.2, 0) is 17.8 Å². The van der Waals surface area contributed by atoms with Gasteiger partial charge in [0.05, 0.1) is 5.92 Å². The van der Waals surface area contributed by atoms with E-state index in [4.69, 9.17) is 5.11 Å². The Morgan fingerprint density at radius 2 is 2.20 bits per heavy atom. The highest BCUT2D eigenvalue weighted by Gasteiger charge is 2.14. The average Bonchev–Trinajstić information content (AvgIpc) is 2.46. The van der Waals surface area contributed by atoms with E-state index < -0.39 is 11.9 Å². The number of rotatable bonds is 5. The van der Waals surface area contributed by atoms with Crippen LogP contribution >= 0.6 is 0 Å². The first-order valence-electron chi connectivity index (χ1n) is 6.91. The van der Waals surface area contributed by atoms with E-state index in [9.17, 15) is 9.59 Å². The van der Waals surface area contributed by atoms with E-state index in [0.29, 0.717) is 18.5 Å². The number of aliphatic carboxylic acids is 1. The van der Waals surface area contributed by atoms with Crippen molar-refractivity contribution < 1.29 is 14.7 Å². The van der Waals surface area contributed by atoms with Crippen molar-refractivity contribution in [2.24, 2.45) is 5.92 Å². The zero-order valence-electron chi connectivity index (χ0n) is 11.6. The lowest BCUT2D eigenvalue weighted by atomic mass is 9.98. The van der Waals surface area contributed by atoms with Gasteiger partial charge in [0.15, 0.2) is 0 Å². The van der Waals surface area contributed by atoms with Crippen LogP contribution in [0.4, 0.5) is 0 Å². The predicted octanol–water partition coefficient (Wildman–Crippen LogP) is 1.17. The van der Waals surface area contributed by atoms with Crippen LogP contribution in [0.15, 0.2) is 18.2 Å². The van der Waals surface area contributed by atoms with E-state index in [1.165, 1.54) is 11.1 Å². The number of carbonyl (C=O) groups is 2. The van der Waals surface area contributed by atoms with E-state index >= 15 is 0 Å². The molecule has 1 aliphatic rings. The second-order valence-electron chi connectivity index (χ2n) is 5.19. The molecule has 0 radical (unpaired) electrons. The normalized spacial score (nSPS) is 15.2. The molecule has 5 nitrogen and oxygen atoms in total. The van der Waals surface area contributed by atoms with Crippen LogP contribution in [0.2, 0.25) is 0 Å². The van der Waals surface area contributed by atoms with Crippen LogP contribution < -0.4 is 10.6 Å². The Balaban J connectivity index is 1.91. The summed E-state index contributed by atoms with van der Waals surface area (Å²) in [6, 6.07) is 5.75. The summed E-state index contributed by atoms with van der Waals surface area (Å²) in [5, 5.41) is 14.8. The number of hydrogen-bond donors (Lipinski definition) is 3. The maximum absolute atomic E-state index is 12.0. The van der Waals surface area contributed by atoms with Crippen LogP contribution in [0.5, 0.6) is 0 Å². The van der Waals surface area contributed by atoms with Gasteiger partial charge in [-0.05, 0) is 42.6 Å². The molecule has 0 bridgehead atoms. The van der Waals surface area contributed by atoms with Gasteiger partial charge in [0.25, 0.3) is 5.91 Å². The second kappa shape index (κ2) is 6.52. The van der Waals surface area contributed by atoms with E-state index in [2.05, 4.69) is 10.6 Å². The molecule has 0 aliphatic carbocycles. The molecule has 0 fully saturated rings. The molecule has 0 spiro atoms. The average molecular weight is 276 g/mol. The van der Waals surface area contributed by atoms with Crippen LogP contribution in [0, 0.1) is 5.92 Å². The number of fused-ring (bicyclic) bond motifs is 1. The monoisotopic (exact) mass is 276 g/mol. The molecule has 5 heteroatoms. The summed E-state index contributed by atoms with van der Waals surface area (Å²) in [7, 11) is 0. The SMILES string of the molecule is CC(CCNC(=O)c1ccc2c(c1)CNCC2)C(=O)O. The fraction of sp³-hybridized carbons (Fsp3) is 0.467. The Kier molecular flexibility index (Phi) is 4.74. The molecule has 1 unspecified atom stereocenters. The van der Waals surface area contributed by atoms with Gasteiger partial charge < -0.3 is 15.7 Å². The van der Waals surface area contributed by atoms with Gasteiger partial charge in [0.2, 0.25) is 0 Å². The molecular weight excluding hydrogens is 256 g/mol. The summed E-state index contributed by atoms with van der Waals surface area (Å²) >= 11 is 0. The third kappa shape index (κ3) is 3.57. The van der Waals surface area contributed by atoms with Gasteiger partial charge in [-0.1, -0.05) is 13.0 Å². The molecule has 1 amide bonds. The Morgan fingerprint density at radius 1 is 1.40 bits per heavy atom. The maximum Gasteiger partial charge on any atom is 0.306 e. The smallest absolute Gasteiger partial charge is 0.306 e. The standard InChI is InChI=1S/C15H20N2O3/c1-10(15(19)20)4-7-17-14(18)12-3-2-11-5-6-16-9-13(11)8-12/h2-3,8,10,16H,4-7,9H2,1H3,(H,17,18)(H,19,20). The number of hydrogen-bond acceptors (Lipinski definition) is 3. The summed E-state index contributed by atoms with van der Waals surface area (Å²) in [4.78, 5) is 22.7. The van der Waals surface area contributed by atoms with Gasteiger partial charge in [0.1, 0.15) is 0 Å². The van der Waals surface area contributed by atoms with Gasteiger partial charge in [0, 0.05) is 18.7 Å². The predicted molar refractivity (Wildman–Crippen MR) is 75.6 cm³/mol. The van der Waals surface area contributed by atoms with Gasteiger partial charge in [-0.3, -0.25) is 9.59 Å². The fourth-order valence-corrected chi connectivity index (χ4v) is 2.25. The Bertz CT molecular complexity index is 514. The Hall–Kier alpha value is -1.88. The molecule has 2 rings (SSSR count). The lowest BCUT2D eigenvalue weighted by Crippen LogP contribution is -2.28. The van der Waals surface area contributed by atoms with Crippen LogP contribution in [0.25, 0.3) is 0 Å². The number of amides is 1. The largest absolute Gasteiger partial charge is 0.481 e. The first-order valence-corrected chi connectivity index (χ1v) is 6.91. The van der Waals surface area contributed by atoms with Gasteiger partial charge in [-0.2, -0.15) is 0 Å². The van der Waals surface area contributed by atoms with Crippen molar-refractivity contribution in [1.29, 1.82) is 0 Å². The van der Waals surface area contributed by atoms with E-state index in [1.807, 2.05) is 18.2 Å². The van der Waals surface area contributed by atoms with Crippen LogP contribution in [0.1, 0.15) is 34.8 Å². The van der Waals surface area contributed by atoms with Crippen LogP contribution in [-0.4, -0.2) is 30.1 Å². The van der Waals surface area contributed by atoms with Gasteiger partial charge >= 0.3 is 5.97 Å². The minimum atomic E-state index is -0.834. The lowest BCUT2D eigenvalue weighted by Gasteiger charge is -2.17. The number of carbonyl (C=O) groups excluding carboxylic acids is 1. The minimum Gasteiger partial charge on any atom is -0.481 e. The van der Waals surface area contributed by atoms with Crippen molar-refractivity contribution in [1.82, 2.24) is 10.6 Å². The van der Waals surface area contributed by atoms with Gasteiger partial charge in [-0.25, -0.2) is 0 Å². The molecule has 1 aliphatic heterocycles. The molecule has 1 atom stereocenters. The van der Waals surface area contributed by atoms with E-state index in [1.54, 1.807) is 6.92 Å². The van der Waals surface area contributed by atoms with Crippen molar-refractivity contribution in [2.75, 3.05) is 13.1 Å². The third-order valence-corrected chi connectivity index (χ3v) is 3.64. The summed E-state index contributed by atoms with van der Waals surface area (Å²) in [5.41, 5.74) is 3.10. The Labute approximate surface area is 118 Å². The first kappa shape index (κ1) is 14.5. The van der Waals surface area contributed by atoms with Crippen molar-refractivity contribution in [3.05, 3.63) is 34.9 Å². The topological polar surface area (TPSA) is 78.4 Å². The molecule has 1 aromatic rings.